The number of morpholine rings is 1. The van der Waals surface area contributed by atoms with Crippen LogP contribution in [-0.4, -0.2) is 77.1 Å². The predicted octanol–water partition coefficient (Wildman–Crippen LogP) is 3.60. The van der Waals surface area contributed by atoms with Crippen molar-refractivity contribution in [3.63, 3.8) is 0 Å². The van der Waals surface area contributed by atoms with Crippen LogP contribution < -0.4 is 10.1 Å². The van der Waals surface area contributed by atoms with Crippen LogP contribution in [0.5, 0.6) is 5.75 Å². The molecule has 4 aromatic rings. The molecule has 2 aromatic heterocycles. The summed E-state index contributed by atoms with van der Waals surface area (Å²) in [4.78, 5) is 19.3. The Bertz CT molecular complexity index is 1340. The van der Waals surface area contributed by atoms with E-state index in [2.05, 4.69) is 37.5 Å². The van der Waals surface area contributed by atoms with Gasteiger partial charge in [-0.15, -0.1) is 10.2 Å². The average molecular weight is 549 g/mol. The van der Waals surface area contributed by atoms with Gasteiger partial charge in [0.25, 0.3) is 5.91 Å². The summed E-state index contributed by atoms with van der Waals surface area (Å²) in [5.74, 6) is 2.22. The fourth-order valence-electron chi connectivity index (χ4n) is 4.31. The summed E-state index contributed by atoms with van der Waals surface area (Å²) >= 11 is 1.45. The van der Waals surface area contributed by atoms with Crippen LogP contribution in [0.1, 0.15) is 34.2 Å². The fraction of sp³-hybridized carbons (Fsp3) is 0.357. The van der Waals surface area contributed by atoms with Gasteiger partial charge in [-0.3, -0.25) is 14.3 Å². The third-order valence-corrected chi connectivity index (χ3v) is 7.30. The van der Waals surface area contributed by atoms with Gasteiger partial charge in [-0.05, 0) is 42.8 Å². The van der Waals surface area contributed by atoms with Gasteiger partial charge in [0.1, 0.15) is 17.8 Å². The Morgan fingerprint density at radius 3 is 2.64 bits per heavy atom. The minimum atomic E-state index is -0.233. The van der Waals surface area contributed by atoms with Crippen LogP contribution in [0.25, 0.3) is 5.69 Å². The lowest BCUT2D eigenvalue weighted by atomic mass is 10.1. The Balaban J connectivity index is 1.21. The number of carbonyl (C=O) groups excluding carboxylic acids is 1. The summed E-state index contributed by atoms with van der Waals surface area (Å²) in [6, 6.07) is 17.9. The lowest BCUT2D eigenvalue weighted by Crippen LogP contribution is -2.38. The molecule has 1 N–H and O–H groups in total. The quantitative estimate of drug-likeness (QED) is 0.210. The van der Waals surface area contributed by atoms with Crippen molar-refractivity contribution in [2.45, 2.75) is 23.8 Å². The zero-order chi connectivity index (χ0) is 26.9. The standard InChI is InChI=1S/C28H32N6O4S/c1-36-23-10-8-22(9-11-23)34-25(18-21-6-3-2-4-7-21)31-32-28(34)39-20-26-30-24(19-38-26)27(35)29-12-5-13-33-14-16-37-17-15-33/h2-4,6-11,19H,5,12-18,20H2,1H3,(H,29,35). The number of nitrogens with one attached hydrogen (secondary N) is 1. The number of rotatable bonds is 12. The molecule has 1 fully saturated rings. The molecule has 0 spiro atoms. The van der Waals surface area contributed by atoms with Crippen molar-refractivity contribution < 1.29 is 18.7 Å². The maximum Gasteiger partial charge on any atom is 0.273 e. The normalized spacial score (nSPS) is 13.9. The molecular formula is C28H32N6O4S. The van der Waals surface area contributed by atoms with Gasteiger partial charge in [0.2, 0.25) is 5.89 Å². The highest BCUT2D eigenvalue weighted by Crippen LogP contribution is 2.27. The summed E-state index contributed by atoms with van der Waals surface area (Å²) in [6.45, 7) is 4.96. The van der Waals surface area contributed by atoms with Crippen molar-refractivity contribution in [3.05, 3.63) is 83.8 Å². The number of oxazole rings is 1. The molecule has 1 amide bonds. The van der Waals surface area contributed by atoms with Crippen molar-refractivity contribution in [2.24, 2.45) is 0 Å². The molecule has 0 bridgehead atoms. The van der Waals surface area contributed by atoms with Crippen molar-refractivity contribution in [3.8, 4) is 11.4 Å². The van der Waals surface area contributed by atoms with Crippen molar-refractivity contribution in [2.75, 3.05) is 46.5 Å². The Morgan fingerprint density at radius 1 is 1.08 bits per heavy atom. The van der Waals surface area contributed by atoms with Gasteiger partial charge in [0.15, 0.2) is 10.9 Å². The molecule has 5 rings (SSSR count). The highest BCUT2D eigenvalue weighted by Gasteiger charge is 2.18. The van der Waals surface area contributed by atoms with Crippen molar-refractivity contribution in [1.29, 1.82) is 0 Å². The Hall–Kier alpha value is -3.67. The number of ether oxygens (including phenoxy) is 2. The summed E-state index contributed by atoms with van der Waals surface area (Å²) in [5, 5.41) is 12.6. The van der Waals surface area contributed by atoms with Gasteiger partial charge in [-0.2, -0.15) is 0 Å². The summed E-state index contributed by atoms with van der Waals surface area (Å²) in [5.41, 5.74) is 2.35. The van der Waals surface area contributed by atoms with Crippen molar-refractivity contribution in [1.82, 2.24) is 30.0 Å². The minimum absolute atomic E-state index is 0.233. The monoisotopic (exact) mass is 548 g/mol. The summed E-state index contributed by atoms with van der Waals surface area (Å²) in [7, 11) is 1.65. The van der Waals surface area contributed by atoms with Gasteiger partial charge in [0.05, 0.1) is 26.1 Å². The number of nitrogens with zero attached hydrogens (tertiary/aromatic N) is 5. The number of methoxy groups -OCH3 is 1. The molecule has 204 valence electrons. The van der Waals surface area contributed by atoms with Crippen LogP contribution >= 0.6 is 11.8 Å². The van der Waals surface area contributed by atoms with Gasteiger partial charge in [-0.25, -0.2) is 4.98 Å². The molecule has 3 heterocycles. The highest BCUT2D eigenvalue weighted by molar-refractivity contribution is 7.98. The molecule has 2 aromatic carbocycles. The second-order valence-electron chi connectivity index (χ2n) is 9.07. The van der Waals surface area contributed by atoms with E-state index in [9.17, 15) is 4.79 Å². The second kappa shape index (κ2) is 13.4. The third kappa shape index (κ3) is 7.25. The number of amides is 1. The van der Waals surface area contributed by atoms with E-state index >= 15 is 0 Å². The van der Waals surface area contributed by atoms with Crippen LogP contribution in [0.15, 0.2) is 70.4 Å². The number of hydrogen-bond donors (Lipinski definition) is 1. The topological polar surface area (TPSA) is 108 Å². The Labute approximate surface area is 231 Å². The lowest BCUT2D eigenvalue weighted by molar-refractivity contribution is 0.0374. The van der Waals surface area contributed by atoms with E-state index in [0.717, 1.165) is 62.1 Å². The largest absolute Gasteiger partial charge is 0.497 e. The molecule has 11 heteroatoms. The number of hydrogen-bond acceptors (Lipinski definition) is 9. The molecule has 0 saturated carbocycles. The SMILES string of the molecule is COc1ccc(-n2c(Cc3ccccc3)nnc2SCc2nc(C(=O)NCCCN3CCOCC3)co2)cc1. The summed E-state index contributed by atoms with van der Waals surface area (Å²) in [6.07, 6.45) is 2.91. The van der Waals surface area contributed by atoms with Gasteiger partial charge < -0.3 is 19.2 Å². The molecule has 10 nitrogen and oxygen atoms in total. The number of aromatic nitrogens is 4. The maximum absolute atomic E-state index is 12.5. The maximum atomic E-state index is 12.5. The smallest absolute Gasteiger partial charge is 0.273 e. The molecule has 0 atom stereocenters. The second-order valence-corrected chi connectivity index (χ2v) is 10.0. The first-order valence-electron chi connectivity index (χ1n) is 13.0. The molecule has 0 unspecified atom stereocenters. The first-order valence-corrected chi connectivity index (χ1v) is 14.0. The zero-order valence-electron chi connectivity index (χ0n) is 21.9. The van der Waals surface area contributed by atoms with Crippen LogP contribution in [-0.2, 0) is 16.9 Å². The fourth-order valence-corrected chi connectivity index (χ4v) is 5.13. The minimum Gasteiger partial charge on any atom is -0.497 e. The third-order valence-electron chi connectivity index (χ3n) is 6.39. The van der Waals surface area contributed by atoms with E-state index in [4.69, 9.17) is 13.9 Å². The van der Waals surface area contributed by atoms with Crippen LogP contribution in [0.4, 0.5) is 0 Å². The highest BCUT2D eigenvalue weighted by atomic mass is 32.2. The molecular weight excluding hydrogens is 516 g/mol. The first kappa shape index (κ1) is 26.9. The molecule has 0 radical (unpaired) electrons. The molecule has 1 aliphatic heterocycles. The predicted molar refractivity (Wildman–Crippen MR) is 147 cm³/mol. The van der Waals surface area contributed by atoms with E-state index in [1.54, 1.807) is 7.11 Å². The molecule has 39 heavy (non-hydrogen) atoms. The van der Waals surface area contributed by atoms with E-state index in [1.165, 1.54) is 18.0 Å². The Kier molecular flexibility index (Phi) is 9.26. The van der Waals surface area contributed by atoms with E-state index < -0.39 is 0 Å². The lowest BCUT2D eigenvalue weighted by Gasteiger charge is -2.26. The summed E-state index contributed by atoms with van der Waals surface area (Å²) < 4.78 is 18.3. The van der Waals surface area contributed by atoms with E-state index in [0.29, 0.717) is 29.8 Å². The number of thioether (sulfide) groups is 1. The first-order chi connectivity index (χ1) is 19.2. The van der Waals surface area contributed by atoms with Crippen LogP contribution in [0, 0.1) is 0 Å². The van der Waals surface area contributed by atoms with E-state index in [-0.39, 0.29) is 11.6 Å². The Morgan fingerprint density at radius 2 is 1.87 bits per heavy atom. The average Bonchev–Trinajstić information content (AvgIpc) is 3.62. The van der Waals surface area contributed by atoms with Gasteiger partial charge >= 0.3 is 0 Å². The number of benzene rings is 2. The van der Waals surface area contributed by atoms with Crippen LogP contribution in [0.3, 0.4) is 0 Å². The van der Waals surface area contributed by atoms with Gasteiger partial charge in [-0.1, -0.05) is 42.1 Å². The molecule has 1 saturated heterocycles. The molecule has 1 aliphatic rings. The van der Waals surface area contributed by atoms with E-state index in [1.807, 2.05) is 47.0 Å². The number of carbonyl (C=O) groups is 1. The molecule has 0 aliphatic carbocycles. The van der Waals surface area contributed by atoms with Crippen LogP contribution in [0.2, 0.25) is 0 Å². The van der Waals surface area contributed by atoms with Crippen molar-refractivity contribution >= 4 is 17.7 Å². The zero-order valence-corrected chi connectivity index (χ0v) is 22.7. The van der Waals surface area contributed by atoms with Gasteiger partial charge in [0, 0.05) is 31.7 Å².